The molecule has 3 N–H and O–H groups in total. The topological polar surface area (TPSA) is 80.9 Å². The summed E-state index contributed by atoms with van der Waals surface area (Å²) in [6.07, 6.45) is 4.81. The Bertz CT molecular complexity index is 574. The van der Waals surface area contributed by atoms with Gasteiger partial charge in [-0.2, -0.15) is 0 Å². The number of carbonyl (C=O) groups is 1. The molecule has 0 atom stereocenters. The first-order chi connectivity index (χ1) is 9.15. The number of aromatic nitrogens is 2. The standard InChI is InChI=1S/C13H14N4OS/c1-9-2-3-11(10(14)6-9)17-12(18)8-19-13-7-15-4-5-16-13/h2-7H,8,14H2,1H3,(H,17,18). The van der Waals surface area contributed by atoms with Crippen molar-refractivity contribution in [3.05, 3.63) is 42.4 Å². The number of hydrogen-bond acceptors (Lipinski definition) is 5. The summed E-state index contributed by atoms with van der Waals surface area (Å²) in [6.45, 7) is 1.95. The molecule has 0 aliphatic rings. The molecule has 1 aromatic heterocycles. The molecule has 6 heteroatoms. The molecule has 0 bridgehead atoms. The van der Waals surface area contributed by atoms with E-state index in [1.807, 2.05) is 19.1 Å². The fraction of sp³-hybridized carbons (Fsp3) is 0.154. The monoisotopic (exact) mass is 274 g/mol. The van der Waals surface area contributed by atoms with E-state index in [0.29, 0.717) is 11.4 Å². The summed E-state index contributed by atoms with van der Waals surface area (Å²) < 4.78 is 0. The molecule has 1 heterocycles. The van der Waals surface area contributed by atoms with E-state index >= 15 is 0 Å². The van der Waals surface area contributed by atoms with Crippen molar-refractivity contribution >= 4 is 29.0 Å². The minimum absolute atomic E-state index is 0.119. The minimum atomic E-state index is -0.119. The van der Waals surface area contributed by atoms with Crippen molar-refractivity contribution in [2.75, 3.05) is 16.8 Å². The highest BCUT2D eigenvalue weighted by molar-refractivity contribution is 7.99. The third-order valence-electron chi connectivity index (χ3n) is 2.37. The molecule has 0 radical (unpaired) electrons. The molecule has 2 rings (SSSR count). The Labute approximate surface area is 115 Å². The highest BCUT2D eigenvalue weighted by atomic mass is 32.2. The lowest BCUT2D eigenvalue weighted by molar-refractivity contribution is -0.113. The Hall–Kier alpha value is -2.08. The van der Waals surface area contributed by atoms with E-state index in [1.165, 1.54) is 11.8 Å². The summed E-state index contributed by atoms with van der Waals surface area (Å²) in [5.74, 6) is 0.151. The van der Waals surface area contributed by atoms with Crippen LogP contribution in [0.25, 0.3) is 0 Å². The number of hydrogen-bond donors (Lipinski definition) is 2. The van der Waals surface area contributed by atoms with Crippen LogP contribution in [0.1, 0.15) is 5.56 Å². The van der Waals surface area contributed by atoms with Crippen LogP contribution in [-0.2, 0) is 4.79 Å². The summed E-state index contributed by atoms with van der Waals surface area (Å²) in [7, 11) is 0. The maximum Gasteiger partial charge on any atom is 0.234 e. The van der Waals surface area contributed by atoms with Gasteiger partial charge in [0.25, 0.3) is 0 Å². The highest BCUT2D eigenvalue weighted by Gasteiger charge is 2.06. The number of nitrogens with two attached hydrogens (primary N) is 1. The molecule has 0 fully saturated rings. The number of anilines is 2. The van der Waals surface area contributed by atoms with Crippen LogP contribution in [0, 0.1) is 6.92 Å². The van der Waals surface area contributed by atoms with E-state index < -0.39 is 0 Å². The second-order valence-corrected chi connectivity index (χ2v) is 4.97. The molecule has 0 saturated heterocycles. The number of carbonyl (C=O) groups excluding carboxylic acids is 1. The molecule has 98 valence electrons. The highest BCUT2D eigenvalue weighted by Crippen LogP contribution is 2.20. The third-order valence-corrected chi connectivity index (χ3v) is 3.28. The number of amides is 1. The fourth-order valence-corrected chi connectivity index (χ4v) is 2.10. The molecule has 1 amide bonds. The zero-order valence-electron chi connectivity index (χ0n) is 10.5. The Kier molecular flexibility index (Phi) is 4.35. The zero-order valence-corrected chi connectivity index (χ0v) is 11.3. The van der Waals surface area contributed by atoms with E-state index in [1.54, 1.807) is 24.7 Å². The Morgan fingerprint density at radius 2 is 2.26 bits per heavy atom. The quantitative estimate of drug-likeness (QED) is 0.659. The predicted octanol–water partition coefficient (Wildman–Crippen LogP) is 2.10. The molecule has 2 aromatic rings. The molecule has 0 saturated carbocycles. The van der Waals surface area contributed by atoms with Gasteiger partial charge in [0.15, 0.2) is 0 Å². The number of rotatable bonds is 4. The van der Waals surface area contributed by atoms with Gasteiger partial charge >= 0.3 is 0 Å². The largest absolute Gasteiger partial charge is 0.397 e. The lowest BCUT2D eigenvalue weighted by Gasteiger charge is -2.08. The third kappa shape index (κ3) is 3.96. The molecule has 1 aromatic carbocycles. The number of thioether (sulfide) groups is 1. The first-order valence-electron chi connectivity index (χ1n) is 5.70. The van der Waals surface area contributed by atoms with Gasteiger partial charge in [-0.25, -0.2) is 4.98 Å². The second kappa shape index (κ2) is 6.19. The van der Waals surface area contributed by atoms with Crippen molar-refractivity contribution in [1.29, 1.82) is 0 Å². The van der Waals surface area contributed by atoms with E-state index in [0.717, 1.165) is 10.6 Å². The average molecular weight is 274 g/mol. The molecular formula is C13H14N4OS. The van der Waals surface area contributed by atoms with Crippen molar-refractivity contribution in [1.82, 2.24) is 9.97 Å². The van der Waals surface area contributed by atoms with E-state index in [-0.39, 0.29) is 11.7 Å². The summed E-state index contributed by atoms with van der Waals surface area (Å²) in [5, 5.41) is 3.49. The van der Waals surface area contributed by atoms with Crippen LogP contribution in [0.15, 0.2) is 41.8 Å². The number of nitrogen functional groups attached to an aromatic ring is 1. The first-order valence-corrected chi connectivity index (χ1v) is 6.68. The maximum absolute atomic E-state index is 11.8. The average Bonchev–Trinajstić information content (AvgIpc) is 2.41. The van der Waals surface area contributed by atoms with E-state index in [9.17, 15) is 4.79 Å². The SMILES string of the molecule is Cc1ccc(NC(=O)CSc2cnccn2)c(N)c1. The number of aryl methyl sites for hydroxylation is 1. The summed E-state index contributed by atoms with van der Waals surface area (Å²) in [5.41, 5.74) is 8.09. The number of nitrogens with zero attached hydrogens (tertiary/aromatic N) is 2. The van der Waals surface area contributed by atoms with E-state index in [2.05, 4.69) is 15.3 Å². The van der Waals surface area contributed by atoms with Gasteiger partial charge in [0.2, 0.25) is 5.91 Å². The summed E-state index contributed by atoms with van der Waals surface area (Å²) in [6, 6.07) is 5.53. The maximum atomic E-state index is 11.8. The zero-order chi connectivity index (χ0) is 13.7. The van der Waals surface area contributed by atoms with Crippen molar-refractivity contribution in [3.63, 3.8) is 0 Å². The van der Waals surface area contributed by atoms with Gasteiger partial charge in [0, 0.05) is 12.4 Å². The fourth-order valence-electron chi connectivity index (χ4n) is 1.48. The van der Waals surface area contributed by atoms with Crippen molar-refractivity contribution < 1.29 is 4.79 Å². The molecule has 0 unspecified atom stereocenters. The molecule has 0 aliphatic heterocycles. The number of benzene rings is 1. The Morgan fingerprint density at radius 1 is 1.42 bits per heavy atom. The predicted molar refractivity (Wildman–Crippen MR) is 77.0 cm³/mol. The van der Waals surface area contributed by atoms with Crippen LogP contribution in [0.4, 0.5) is 11.4 Å². The van der Waals surface area contributed by atoms with Gasteiger partial charge in [0.1, 0.15) is 5.03 Å². The van der Waals surface area contributed by atoms with Gasteiger partial charge in [-0.3, -0.25) is 9.78 Å². The van der Waals surface area contributed by atoms with Crippen LogP contribution in [-0.4, -0.2) is 21.6 Å². The normalized spacial score (nSPS) is 10.2. The van der Waals surface area contributed by atoms with Crippen molar-refractivity contribution in [2.24, 2.45) is 0 Å². The van der Waals surface area contributed by atoms with Crippen molar-refractivity contribution in [3.8, 4) is 0 Å². The summed E-state index contributed by atoms with van der Waals surface area (Å²) in [4.78, 5) is 19.8. The van der Waals surface area contributed by atoms with Gasteiger partial charge in [-0.05, 0) is 24.6 Å². The van der Waals surface area contributed by atoms with Crippen LogP contribution in [0.3, 0.4) is 0 Å². The second-order valence-electron chi connectivity index (χ2n) is 3.97. The minimum Gasteiger partial charge on any atom is -0.397 e. The van der Waals surface area contributed by atoms with Gasteiger partial charge in [0.05, 0.1) is 23.3 Å². The van der Waals surface area contributed by atoms with Gasteiger partial charge in [-0.15, -0.1) is 0 Å². The summed E-state index contributed by atoms with van der Waals surface area (Å²) >= 11 is 1.33. The molecule has 0 aliphatic carbocycles. The molecular weight excluding hydrogens is 260 g/mol. The van der Waals surface area contributed by atoms with Crippen LogP contribution in [0.5, 0.6) is 0 Å². The van der Waals surface area contributed by atoms with Gasteiger partial charge in [-0.1, -0.05) is 17.8 Å². The number of nitrogens with one attached hydrogen (secondary N) is 1. The lowest BCUT2D eigenvalue weighted by Crippen LogP contribution is -2.15. The van der Waals surface area contributed by atoms with Crippen LogP contribution >= 0.6 is 11.8 Å². The van der Waals surface area contributed by atoms with E-state index in [4.69, 9.17) is 5.73 Å². The smallest absolute Gasteiger partial charge is 0.234 e. The Balaban J connectivity index is 1.91. The molecule has 0 spiro atoms. The van der Waals surface area contributed by atoms with Gasteiger partial charge < -0.3 is 11.1 Å². The molecule has 5 nitrogen and oxygen atoms in total. The Morgan fingerprint density at radius 3 is 2.95 bits per heavy atom. The van der Waals surface area contributed by atoms with Crippen LogP contribution < -0.4 is 11.1 Å². The first kappa shape index (κ1) is 13.4. The van der Waals surface area contributed by atoms with Crippen molar-refractivity contribution in [2.45, 2.75) is 11.9 Å². The van der Waals surface area contributed by atoms with Crippen LogP contribution in [0.2, 0.25) is 0 Å². The molecule has 19 heavy (non-hydrogen) atoms. The lowest BCUT2D eigenvalue weighted by atomic mass is 10.2.